The lowest BCUT2D eigenvalue weighted by atomic mass is 9.33. The molecule has 0 spiro atoms. The molecule has 10 unspecified atom stereocenters. The summed E-state index contributed by atoms with van der Waals surface area (Å²) in [5, 5.41) is 11.4. The number of aliphatic hydroxyl groups excluding tert-OH is 1. The van der Waals surface area contributed by atoms with Crippen LogP contribution in [0, 0.1) is 50.2 Å². The van der Waals surface area contributed by atoms with E-state index in [1.807, 2.05) is 0 Å². The van der Waals surface area contributed by atoms with Crippen LogP contribution < -0.4 is 0 Å². The second-order valence-electron chi connectivity index (χ2n) is 16.8. The van der Waals surface area contributed by atoms with Crippen molar-refractivity contribution in [2.24, 2.45) is 50.2 Å². The van der Waals surface area contributed by atoms with Crippen molar-refractivity contribution in [3.8, 4) is 0 Å². The number of aliphatic hydroxyl groups is 1. The number of hydrogen-bond donors (Lipinski definition) is 1. The fourth-order valence-corrected chi connectivity index (χ4v) is 11.6. The Balaban J connectivity index is 1.38. The average molecular weight is 499 g/mol. The lowest BCUT2D eigenvalue weighted by molar-refractivity contribution is -0.351. The molecule has 0 aromatic heterocycles. The Bertz CT molecular complexity index is 966. The molecular formula is C33H54O3. The van der Waals surface area contributed by atoms with E-state index in [4.69, 9.17) is 9.47 Å². The standard InChI is InChI=1S/C33H54O3/c1-27(2)18-22-21-10-11-24-30(6)14-13-26-31(7,20-35-28(3,4)36-26)23(30)12-15-33(24,9)32(21,8)17-16-29(22,5)25(34)19-27/h10,22-26,34H,11-20H2,1-9H3. The Kier molecular flexibility index (Phi) is 5.33. The Hall–Kier alpha value is -0.380. The molecule has 3 heteroatoms. The highest BCUT2D eigenvalue weighted by atomic mass is 16.7. The van der Waals surface area contributed by atoms with E-state index in [-0.39, 0.29) is 27.8 Å². The smallest absolute Gasteiger partial charge is 0.163 e. The number of ether oxygens (including phenoxy) is 2. The number of rotatable bonds is 0. The van der Waals surface area contributed by atoms with Crippen molar-refractivity contribution in [2.45, 2.75) is 138 Å². The van der Waals surface area contributed by atoms with E-state index in [0.29, 0.717) is 34.7 Å². The predicted octanol–water partition coefficient (Wildman–Crippen LogP) is 7.91. The first-order valence-corrected chi connectivity index (χ1v) is 15.2. The van der Waals surface area contributed by atoms with Gasteiger partial charge in [0.1, 0.15) is 0 Å². The van der Waals surface area contributed by atoms with Crippen LogP contribution in [0.4, 0.5) is 0 Å². The molecule has 1 aliphatic heterocycles. The van der Waals surface area contributed by atoms with E-state index < -0.39 is 5.79 Å². The van der Waals surface area contributed by atoms with E-state index in [1.54, 1.807) is 5.57 Å². The third-order valence-corrected chi connectivity index (χ3v) is 14.0. The van der Waals surface area contributed by atoms with Gasteiger partial charge >= 0.3 is 0 Å². The second kappa shape index (κ2) is 7.42. The van der Waals surface area contributed by atoms with E-state index in [0.717, 1.165) is 19.4 Å². The summed E-state index contributed by atoms with van der Waals surface area (Å²) in [5.74, 6) is 1.43. The fraction of sp³-hybridized carbons (Fsp3) is 0.939. The maximum absolute atomic E-state index is 11.4. The maximum Gasteiger partial charge on any atom is 0.163 e. The summed E-state index contributed by atoms with van der Waals surface area (Å²) in [6.45, 7) is 22.7. The minimum absolute atomic E-state index is 0.0419. The van der Waals surface area contributed by atoms with Crippen LogP contribution in [-0.4, -0.2) is 29.7 Å². The topological polar surface area (TPSA) is 38.7 Å². The summed E-state index contributed by atoms with van der Waals surface area (Å²) >= 11 is 0. The fourth-order valence-electron chi connectivity index (χ4n) is 11.6. The molecular weight excluding hydrogens is 444 g/mol. The summed E-state index contributed by atoms with van der Waals surface area (Å²) in [4.78, 5) is 0. The summed E-state index contributed by atoms with van der Waals surface area (Å²) in [6, 6.07) is 0. The Labute approximate surface area is 221 Å². The van der Waals surface area contributed by atoms with Gasteiger partial charge in [0.25, 0.3) is 0 Å². The molecule has 3 nitrogen and oxygen atoms in total. The molecule has 10 atom stereocenters. The highest BCUT2D eigenvalue weighted by Crippen LogP contribution is 2.76. The van der Waals surface area contributed by atoms with Gasteiger partial charge in [0.05, 0.1) is 18.8 Å². The van der Waals surface area contributed by atoms with Gasteiger partial charge in [-0.2, -0.15) is 0 Å². The van der Waals surface area contributed by atoms with E-state index in [9.17, 15) is 5.11 Å². The van der Waals surface area contributed by atoms with Crippen molar-refractivity contribution < 1.29 is 14.6 Å². The van der Waals surface area contributed by atoms with Crippen molar-refractivity contribution in [1.82, 2.24) is 0 Å². The SMILES string of the molecule is CC1(C)CC(O)C2(C)CCC3(C)C(=CCC4C5(C)CCC6OC(C)(C)OCC6(C)C5CCC43C)C2C1. The van der Waals surface area contributed by atoms with Gasteiger partial charge in [0.2, 0.25) is 0 Å². The van der Waals surface area contributed by atoms with Gasteiger partial charge in [0, 0.05) is 10.8 Å². The molecule has 0 aromatic rings. The third-order valence-electron chi connectivity index (χ3n) is 14.0. The van der Waals surface area contributed by atoms with E-state index in [2.05, 4.69) is 68.4 Å². The monoisotopic (exact) mass is 498 g/mol. The van der Waals surface area contributed by atoms with Crippen LogP contribution in [0.1, 0.15) is 120 Å². The molecule has 5 aliphatic carbocycles. The van der Waals surface area contributed by atoms with Crippen LogP contribution in [0.2, 0.25) is 0 Å². The van der Waals surface area contributed by atoms with Gasteiger partial charge in [-0.15, -0.1) is 0 Å². The van der Waals surface area contributed by atoms with Crippen molar-refractivity contribution in [1.29, 1.82) is 0 Å². The molecule has 0 radical (unpaired) electrons. The lowest BCUT2D eigenvalue weighted by Crippen LogP contribution is -2.68. The molecule has 5 fully saturated rings. The van der Waals surface area contributed by atoms with Crippen LogP contribution >= 0.6 is 0 Å². The summed E-state index contributed by atoms with van der Waals surface area (Å²) < 4.78 is 12.9. The first-order chi connectivity index (χ1) is 16.5. The molecule has 36 heavy (non-hydrogen) atoms. The van der Waals surface area contributed by atoms with Crippen molar-refractivity contribution in [3.05, 3.63) is 11.6 Å². The number of hydrogen-bond acceptors (Lipinski definition) is 3. The average Bonchev–Trinajstić information content (AvgIpc) is 2.76. The zero-order chi connectivity index (χ0) is 26.2. The van der Waals surface area contributed by atoms with Crippen molar-refractivity contribution in [3.63, 3.8) is 0 Å². The van der Waals surface area contributed by atoms with Crippen LogP contribution in [0.3, 0.4) is 0 Å². The molecule has 1 heterocycles. The zero-order valence-corrected chi connectivity index (χ0v) is 24.8. The molecule has 1 saturated heterocycles. The number of allylic oxidation sites excluding steroid dienone is 2. The van der Waals surface area contributed by atoms with Gasteiger partial charge in [-0.3, -0.25) is 0 Å². The summed E-state index contributed by atoms with van der Waals surface area (Å²) in [6.07, 6.45) is 13.7. The van der Waals surface area contributed by atoms with Crippen LogP contribution in [0.15, 0.2) is 11.6 Å². The largest absolute Gasteiger partial charge is 0.393 e. The predicted molar refractivity (Wildman–Crippen MR) is 145 cm³/mol. The van der Waals surface area contributed by atoms with Crippen LogP contribution in [0.25, 0.3) is 0 Å². The minimum atomic E-state index is -0.454. The summed E-state index contributed by atoms with van der Waals surface area (Å²) in [7, 11) is 0. The van der Waals surface area contributed by atoms with Crippen LogP contribution in [-0.2, 0) is 9.47 Å². The Morgan fingerprint density at radius 1 is 0.778 bits per heavy atom. The van der Waals surface area contributed by atoms with Crippen molar-refractivity contribution in [2.75, 3.05) is 6.61 Å². The van der Waals surface area contributed by atoms with Crippen LogP contribution in [0.5, 0.6) is 0 Å². The first-order valence-electron chi connectivity index (χ1n) is 15.2. The molecule has 4 saturated carbocycles. The quantitative estimate of drug-likeness (QED) is 0.345. The van der Waals surface area contributed by atoms with Gasteiger partial charge in [-0.25, -0.2) is 0 Å². The highest BCUT2D eigenvalue weighted by Gasteiger charge is 2.70. The molecule has 0 aromatic carbocycles. The van der Waals surface area contributed by atoms with Gasteiger partial charge < -0.3 is 14.6 Å². The lowest BCUT2D eigenvalue weighted by Gasteiger charge is -2.72. The number of fused-ring (bicyclic) bond motifs is 9. The van der Waals surface area contributed by atoms with Gasteiger partial charge in [0.15, 0.2) is 5.79 Å². The van der Waals surface area contributed by atoms with Gasteiger partial charge in [-0.1, -0.05) is 60.1 Å². The third kappa shape index (κ3) is 3.15. The highest BCUT2D eigenvalue weighted by molar-refractivity contribution is 5.34. The zero-order valence-electron chi connectivity index (χ0n) is 24.8. The maximum atomic E-state index is 11.4. The van der Waals surface area contributed by atoms with Crippen molar-refractivity contribution >= 4 is 0 Å². The van der Waals surface area contributed by atoms with E-state index in [1.165, 1.54) is 44.9 Å². The molecule has 204 valence electrons. The normalized spacial score (nSPS) is 57.3. The van der Waals surface area contributed by atoms with E-state index >= 15 is 0 Å². The molecule has 0 bridgehead atoms. The molecule has 6 rings (SSSR count). The molecule has 6 aliphatic rings. The minimum Gasteiger partial charge on any atom is -0.393 e. The molecule has 1 N–H and O–H groups in total. The molecule has 0 amide bonds. The second-order valence-corrected chi connectivity index (χ2v) is 16.8. The Morgan fingerprint density at radius 2 is 1.50 bits per heavy atom. The first kappa shape index (κ1) is 25.9. The summed E-state index contributed by atoms with van der Waals surface area (Å²) in [5.41, 5.74) is 2.97. The van der Waals surface area contributed by atoms with Gasteiger partial charge in [-0.05, 0) is 111 Å². The Morgan fingerprint density at radius 3 is 2.22 bits per heavy atom.